The van der Waals surface area contributed by atoms with Crippen LogP contribution in [0.15, 0.2) is 0 Å². The van der Waals surface area contributed by atoms with E-state index >= 15 is 0 Å². The SMILES string of the molecule is CC(=O)c1c(C)[nH]c(C(=O)OCC(=O)N2CCCCC2C)c1C. The minimum atomic E-state index is -0.601. The summed E-state index contributed by atoms with van der Waals surface area (Å²) in [6, 6.07) is 0.189. The van der Waals surface area contributed by atoms with Crippen molar-refractivity contribution in [2.24, 2.45) is 0 Å². The van der Waals surface area contributed by atoms with Crippen LogP contribution in [-0.4, -0.2) is 46.7 Å². The van der Waals surface area contributed by atoms with Crippen LogP contribution in [0.5, 0.6) is 0 Å². The highest BCUT2D eigenvalue weighted by atomic mass is 16.5. The van der Waals surface area contributed by atoms with Crippen molar-refractivity contribution < 1.29 is 19.1 Å². The molecular weight excluding hydrogens is 296 g/mol. The third-order valence-corrected chi connectivity index (χ3v) is 4.44. The van der Waals surface area contributed by atoms with Gasteiger partial charge in [0.1, 0.15) is 5.69 Å². The number of carbonyl (C=O) groups is 3. The molecule has 6 heteroatoms. The zero-order chi connectivity index (χ0) is 17.1. The highest BCUT2D eigenvalue weighted by molar-refractivity contribution is 6.01. The lowest BCUT2D eigenvalue weighted by Gasteiger charge is -2.33. The quantitative estimate of drug-likeness (QED) is 0.682. The second-order valence-electron chi connectivity index (χ2n) is 6.19. The topological polar surface area (TPSA) is 79.5 Å². The Bertz CT molecular complexity index is 633. The maximum Gasteiger partial charge on any atom is 0.355 e. The first-order valence-corrected chi connectivity index (χ1v) is 7.99. The zero-order valence-electron chi connectivity index (χ0n) is 14.2. The molecule has 1 fully saturated rings. The number of ketones is 1. The number of hydrogen-bond acceptors (Lipinski definition) is 4. The number of nitrogens with one attached hydrogen (secondary N) is 1. The fourth-order valence-electron chi connectivity index (χ4n) is 3.23. The predicted molar refractivity (Wildman–Crippen MR) is 85.6 cm³/mol. The number of nitrogens with zero attached hydrogens (tertiary/aromatic N) is 1. The first-order chi connectivity index (χ1) is 10.8. The number of piperidine rings is 1. The number of esters is 1. The molecule has 6 nitrogen and oxygen atoms in total. The molecule has 2 rings (SSSR count). The number of hydrogen-bond donors (Lipinski definition) is 1. The standard InChI is InChI=1S/C17H24N2O4/c1-10-7-5-6-8-19(10)14(21)9-23-17(22)16-11(2)15(13(4)20)12(3)18-16/h10,18H,5-9H2,1-4H3. The summed E-state index contributed by atoms with van der Waals surface area (Å²) in [7, 11) is 0. The van der Waals surface area contributed by atoms with Crippen LogP contribution in [0.3, 0.4) is 0 Å². The van der Waals surface area contributed by atoms with Gasteiger partial charge in [0.2, 0.25) is 0 Å². The average Bonchev–Trinajstić information content (AvgIpc) is 2.80. The van der Waals surface area contributed by atoms with E-state index in [1.54, 1.807) is 18.7 Å². The van der Waals surface area contributed by atoms with Gasteiger partial charge in [0.25, 0.3) is 5.91 Å². The molecule has 126 valence electrons. The molecule has 1 saturated heterocycles. The maximum atomic E-state index is 12.2. The third-order valence-electron chi connectivity index (χ3n) is 4.44. The van der Waals surface area contributed by atoms with Gasteiger partial charge in [0.15, 0.2) is 12.4 Å². The van der Waals surface area contributed by atoms with Gasteiger partial charge >= 0.3 is 5.97 Å². The van der Waals surface area contributed by atoms with E-state index in [-0.39, 0.29) is 30.0 Å². The van der Waals surface area contributed by atoms with E-state index in [1.165, 1.54) is 6.92 Å². The van der Waals surface area contributed by atoms with Crippen molar-refractivity contribution in [3.05, 3.63) is 22.5 Å². The van der Waals surface area contributed by atoms with Crippen molar-refractivity contribution in [3.8, 4) is 0 Å². The molecule has 0 aliphatic carbocycles. The highest BCUT2D eigenvalue weighted by Crippen LogP contribution is 2.20. The van der Waals surface area contributed by atoms with Crippen molar-refractivity contribution in [2.45, 2.75) is 53.0 Å². The molecule has 0 saturated carbocycles. The monoisotopic (exact) mass is 320 g/mol. The number of ether oxygens (including phenoxy) is 1. The number of aryl methyl sites for hydroxylation is 1. The predicted octanol–water partition coefficient (Wildman–Crippen LogP) is 2.39. The van der Waals surface area contributed by atoms with Crippen molar-refractivity contribution in [1.82, 2.24) is 9.88 Å². The molecule has 1 aliphatic rings. The minimum Gasteiger partial charge on any atom is -0.451 e. The molecule has 1 atom stereocenters. The second-order valence-corrected chi connectivity index (χ2v) is 6.19. The summed E-state index contributed by atoms with van der Waals surface area (Å²) in [5.74, 6) is -0.872. The lowest BCUT2D eigenvalue weighted by molar-refractivity contribution is -0.137. The van der Waals surface area contributed by atoms with E-state index < -0.39 is 5.97 Å². The number of rotatable bonds is 4. The Kier molecular flexibility index (Phi) is 5.23. The van der Waals surface area contributed by atoms with E-state index in [9.17, 15) is 14.4 Å². The van der Waals surface area contributed by atoms with Gasteiger partial charge in [-0.3, -0.25) is 9.59 Å². The molecule has 1 aromatic rings. The lowest BCUT2D eigenvalue weighted by atomic mass is 10.0. The Morgan fingerprint density at radius 3 is 2.52 bits per heavy atom. The van der Waals surface area contributed by atoms with Crippen LogP contribution in [0, 0.1) is 13.8 Å². The number of aromatic nitrogens is 1. The van der Waals surface area contributed by atoms with E-state index in [2.05, 4.69) is 4.98 Å². The van der Waals surface area contributed by atoms with Crippen LogP contribution in [-0.2, 0) is 9.53 Å². The Balaban J connectivity index is 2.01. The van der Waals surface area contributed by atoms with Gasteiger partial charge in [0.05, 0.1) is 0 Å². The lowest BCUT2D eigenvalue weighted by Crippen LogP contribution is -2.44. The summed E-state index contributed by atoms with van der Waals surface area (Å²) in [5, 5.41) is 0. The minimum absolute atomic E-state index is 0.103. The molecule has 0 spiro atoms. The molecule has 1 aromatic heterocycles. The largest absolute Gasteiger partial charge is 0.451 e. The molecular formula is C17H24N2O4. The molecule has 23 heavy (non-hydrogen) atoms. The Hall–Kier alpha value is -2.11. The average molecular weight is 320 g/mol. The summed E-state index contributed by atoms with van der Waals surface area (Å²) in [5.41, 5.74) is 1.96. The number of aromatic amines is 1. The molecule has 2 heterocycles. The van der Waals surface area contributed by atoms with Gasteiger partial charge in [-0.15, -0.1) is 0 Å². The number of H-pyrrole nitrogens is 1. The third kappa shape index (κ3) is 3.63. The summed E-state index contributed by atoms with van der Waals surface area (Å²) in [6.45, 7) is 7.35. The van der Waals surface area contributed by atoms with Crippen molar-refractivity contribution in [3.63, 3.8) is 0 Å². The van der Waals surface area contributed by atoms with Gasteiger partial charge in [-0.1, -0.05) is 0 Å². The highest BCUT2D eigenvalue weighted by Gasteiger charge is 2.25. The first kappa shape index (κ1) is 17.2. The second kappa shape index (κ2) is 6.98. The Morgan fingerprint density at radius 1 is 1.26 bits per heavy atom. The molecule has 1 N–H and O–H groups in total. The van der Waals surface area contributed by atoms with Crippen LogP contribution in [0.1, 0.15) is 65.2 Å². The fraction of sp³-hybridized carbons (Fsp3) is 0.588. The molecule has 1 aliphatic heterocycles. The number of amides is 1. The summed E-state index contributed by atoms with van der Waals surface area (Å²) < 4.78 is 5.15. The first-order valence-electron chi connectivity index (χ1n) is 7.99. The summed E-state index contributed by atoms with van der Waals surface area (Å²) in [6.07, 6.45) is 3.09. The van der Waals surface area contributed by atoms with Gasteiger partial charge in [0, 0.05) is 23.8 Å². The number of carbonyl (C=O) groups excluding carboxylic acids is 3. The Morgan fingerprint density at radius 2 is 1.96 bits per heavy atom. The van der Waals surface area contributed by atoms with E-state index in [4.69, 9.17) is 4.74 Å². The van der Waals surface area contributed by atoms with Gasteiger partial charge in [-0.25, -0.2) is 4.79 Å². The maximum absolute atomic E-state index is 12.2. The molecule has 0 bridgehead atoms. The normalized spacial score (nSPS) is 17.9. The van der Waals surface area contributed by atoms with Crippen LogP contribution in [0.25, 0.3) is 0 Å². The number of Topliss-reactive ketones (excluding diaryl/α,β-unsaturated/α-hetero) is 1. The van der Waals surface area contributed by atoms with E-state index in [0.717, 1.165) is 19.3 Å². The molecule has 1 amide bonds. The Labute approximate surface area is 136 Å². The smallest absolute Gasteiger partial charge is 0.355 e. The number of likely N-dealkylation sites (tertiary alicyclic amines) is 1. The van der Waals surface area contributed by atoms with Crippen LogP contribution >= 0.6 is 0 Å². The summed E-state index contributed by atoms with van der Waals surface area (Å²) >= 11 is 0. The molecule has 1 unspecified atom stereocenters. The van der Waals surface area contributed by atoms with Crippen molar-refractivity contribution in [1.29, 1.82) is 0 Å². The van der Waals surface area contributed by atoms with Gasteiger partial charge < -0.3 is 14.6 Å². The zero-order valence-corrected chi connectivity index (χ0v) is 14.2. The van der Waals surface area contributed by atoms with Crippen molar-refractivity contribution >= 4 is 17.7 Å². The van der Waals surface area contributed by atoms with Crippen molar-refractivity contribution in [2.75, 3.05) is 13.2 Å². The summed E-state index contributed by atoms with van der Waals surface area (Å²) in [4.78, 5) is 40.6. The van der Waals surface area contributed by atoms with E-state index in [1.807, 2.05) is 6.92 Å². The van der Waals surface area contributed by atoms with Crippen LogP contribution in [0.2, 0.25) is 0 Å². The van der Waals surface area contributed by atoms with Gasteiger partial charge in [-0.2, -0.15) is 0 Å². The molecule has 0 radical (unpaired) electrons. The van der Waals surface area contributed by atoms with Crippen LogP contribution < -0.4 is 0 Å². The fourth-order valence-corrected chi connectivity index (χ4v) is 3.23. The van der Waals surface area contributed by atoms with Crippen LogP contribution in [0.4, 0.5) is 0 Å². The van der Waals surface area contributed by atoms with Gasteiger partial charge in [-0.05, 0) is 52.5 Å². The van der Waals surface area contributed by atoms with E-state index in [0.29, 0.717) is 23.4 Å². The molecule has 0 aromatic carbocycles.